The van der Waals surface area contributed by atoms with Crippen molar-refractivity contribution in [1.82, 2.24) is 10.2 Å². The van der Waals surface area contributed by atoms with Gasteiger partial charge in [0.2, 0.25) is 11.8 Å². The Labute approximate surface area is 102 Å². The van der Waals surface area contributed by atoms with E-state index < -0.39 is 0 Å². The molecule has 1 aliphatic heterocycles. The van der Waals surface area contributed by atoms with Crippen LogP contribution in [0.3, 0.4) is 0 Å². The number of allylic oxidation sites excluding steroid dienone is 1. The van der Waals surface area contributed by atoms with Crippen molar-refractivity contribution in [3.8, 4) is 0 Å². The molecular formula is C12H20N2O3. The molecule has 1 saturated heterocycles. The number of hydrogen-bond donors (Lipinski definition) is 1. The monoisotopic (exact) mass is 240 g/mol. The number of carbonyl (C=O) groups is 2. The van der Waals surface area contributed by atoms with Gasteiger partial charge in [-0.2, -0.15) is 0 Å². The highest BCUT2D eigenvalue weighted by Gasteiger charge is 2.22. The number of ether oxygens (including phenoxy) is 1. The lowest BCUT2D eigenvalue weighted by molar-refractivity contribution is -0.136. The largest absolute Gasteiger partial charge is 0.373 e. The fourth-order valence-electron chi connectivity index (χ4n) is 1.65. The van der Waals surface area contributed by atoms with E-state index in [4.69, 9.17) is 4.74 Å². The molecule has 1 heterocycles. The molecule has 2 amide bonds. The van der Waals surface area contributed by atoms with Crippen LogP contribution in [-0.2, 0) is 14.3 Å². The lowest BCUT2D eigenvalue weighted by atomic mass is 10.2. The van der Waals surface area contributed by atoms with Gasteiger partial charge in [-0.05, 0) is 6.92 Å². The maximum atomic E-state index is 11.4. The van der Waals surface area contributed by atoms with Gasteiger partial charge in [-0.15, -0.1) is 0 Å². The van der Waals surface area contributed by atoms with Crippen molar-refractivity contribution in [1.29, 1.82) is 0 Å². The molecular weight excluding hydrogens is 220 g/mol. The van der Waals surface area contributed by atoms with Gasteiger partial charge >= 0.3 is 0 Å². The summed E-state index contributed by atoms with van der Waals surface area (Å²) in [4.78, 5) is 24.3. The summed E-state index contributed by atoms with van der Waals surface area (Å²) in [5.41, 5.74) is 0. The molecule has 1 atom stereocenters. The van der Waals surface area contributed by atoms with Gasteiger partial charge in [-0.25, -0.2) is 0 Å². The third-order valence-corrected chi connectivity index (χ3v) is 2.65. The lowest BCUT2D eigenvalue weighted by Gasteiger charge is -2.32. The highest BCUT2D eigenvalue weighted by molar-refractivity contribution is 5.77. The van der Waals surface area contributed by atoms with Gasteiger partial charge in [0.05, 0.1) is 12.7 Å². The van der Waals surface area contributed by atoms with E-state index in [1.54, 1.807) is 17.9 Å². The Morgan fingerprint density at radius 2 is 2.29 bits per heavy atom. The molecule has 5 nitrogen and oxygen atoms in total. The maximum absolute atomic E-state index is 11.4. The smallest absolute Gasteiger partial charge is 0.223 e. The van der Waals surface area contributed by atoms with Crippen molar-refractivity contribution in [2.24, 2.45) is 0 Å². The number of nitrogens with zero attached hydrogens (tertiary/aromatic N) is 1. The van der Waals surface area contributed by atoms with Crippen LogP contribution in [0.15, 0.2) is 12.2 Å². The first-order valence-electron chi connectivity index (χ1n) is 5.88. The molecule has 17 heavy (non-hydrogen) atoms. The van der Waals surface area contributed by atoms with Crippen molar-refractivity contribution in [2.45, 2.75) is 26.4 Å². The molecule has 96 valence electrons. The summed E-state index contributed by atoms with van der Waals surface area (Å²) in [6, 6.07) is 0. The summed E-state index contributed by atoms with van der Waals surface area (Å²) in [5.74, 6) is 0.0326. The molecule has 0 aromatic rings. The van der Waals surface area contributed by atoms with Crippen molar-refractivity contribution in [3.05, 3.63) is 12.2 Å². The SMILES string of the molecule is C/C=C/CC(=O)NCC1CN(C(C)=O)CCO1. The molecule has 0 saturated carbocycles. The summed E-state index contributed by atoms with van der Waals surface area (Å²) in [5, 5.41) is 2.79. The molecule has 1 unspecified atom stereocenters. The van der Waals surface area contributed by atoms with Gasteiger partial charge in [-0.1, -0.05) is 12.2 Å². The minimum absolute atomic E-state index is 0.0216. The molecule has 0 spiro atoms. The van der Waals surface area contributed by atoms with Crippen LogP contribution in [0.5, 0.6) is 0 Å². The summed E-state index contributed by atoms with van der Waals surface area (Å²) >= 11 is 0. The first-order valence-corrected chi connectivity index (χ1v) is 5.88. The van der Waals surface area contributed by atoms with Crippen LogP contribution in [0.25, 0.3) is 0 Å². The summed E-state index contributed by atoms with van der Waals surface area (Å²) in [6.07, 6.45) is 3.94. The first kappa shape index (κ1) is 13.7. The zero-order valence-corrected chi connectivity index (χ0v) is 10.4. The third kappa shape index (κ3) is 4.99. The van der Waals surface area contributed by atoms with Gasteiger partial charge < -0.3 is 15.0 Å². The molecule has 1 N–H and O–H groups in total. The Kier molecular flexibility index (Phi) is 5.69. The highest BCUT2D eigenvalue weighted by atomic mass is 16.5. The van der Waals surface area contributed by atoms with Gasteiger partial charge in [0.25, 0.3) is 0 Å². The van der Waals surface area contributed by atoms with Crippen LogP contribution in [0.4, 0.5) is 0 Å². The molecule has 0 radical (unpaired) electrons. The van der Waals surface area contributed by atoms with Crippen molar-refractivity contribution in [3.63, 3.8) is 0 Å². The standard InChI is InChI=1S/C12H20N2O3/c1-3-4-5-12(16)13-8-11-9-14(10(2)15)6-7-17-11/h3-4,11H,5-9H2,1-2H3,(H,13,16)/b4-3+. The number of rotatable bonds is 4. The van der Waals surface area contributed by atoms with Gasteiger partial charge in [0, 0.05) is 33.0 Å². The molecule has 0 aromatic carbocycles. The fraction of sp³-hybridized carbons (Fsp3) is 0.667. The van der Waals surface area contributed by atoms with E-state index in [0.717, 1.165) is 0 Å². The van der Waals surface area contributed by atoms with Gasteiger partial charge in [0.15, 0.2) is 0 Å². The van der Waals surface area contributed by atoms with Crippen molar-refractivity contribution in [2.75, 3.05) is 26.2 Å². The Balaban J connectivity index is 2.27. The fourth-order valence-corrected chi connectivity index (χ4v) is 1.65. The molecule has 0 bridgehead atoms. The molecule has 0 aromatic heterocycles. The Morgan fingerprint density at radius 3 is 2.94 bits per heavy atom. The number of nitrogens with one attached hydrogen (secondary N) is 1. The molecule has 1 aliphatic rings. The second-order valence-electron chi connectivity index (χ2n) is 4.04. The second kappa shape index (κ2) is 7.06. The second-order valence-corrected chi connectivity index (χ2v) is 4.04. The normalized spacial score (nSPS) is 20.6. The molecule has 1 fully saturated rings. The minimum Gasteiger partial charge on any atom is -0.373 e. The van der Waals surface area contributed by atoms with E-state index in [1.807, 2.05) is 13.0 Å². The predicted molar refractivity (Wildman–Crippen MR) is 64.4 cm³/mol. The van der Waals surface area contributed by atoms with E-state index in [9.17, 15) is 9.59 Å². The van der Waals surface area contributed by atoms with Crippen LogP contribution >= 0.6 is 0 Å². The number of morpholine rings is 1. The molecule has 5 heteroatoms. The summed E-state index contributed by atoms with van der Waals surface area (Å²) in [7, 11) is 0. The summed E-state index contributed by atoms with van der Waals surface area (Å²) in [6.45, 7) is 5.61. The zero-order chi connectivity index (χ0) is 12.7. The minimum atomic E-state index is -0.0952. The molecule has 1 rings (SSSR count). The first-order chi connectivity index (χ1) is 8.13. The maximum Gasteiger partial charge on any atom is 0.223 e. The van der Waals surface area contributed by atoms with Crippen LogP contribution in [0.1, 0.15) is 20.3 Å². The highest BCUT2D eigenvalue weighted by Crippen LogP contribution is 2.04. The summed E-state index contributed by atoms with van der Waals surface area (Å²) < 4.78 is 5.49. The number of carbonyl (C=O) groups excluding carboxylic acids is 2. The Morgan fingerprint density at radius 1 is 1.53 bits per heavy atom. The van der Waals surface area contributed by atoms with Crippen LogP contribution in [-0.4, -0.2) is 49.1 Å². The van der Waals surface area contributed by atoms with Crippen molar-refractivity contribution >= 4 is 11.8 Å². The zero-order valence-electron chi connectivity index (χ0n) is 10.4. The van der Waals surface area contributed by atoms with Gasteiger partial charge in [0.1, 0.15) is 0 Å². The van der Waals surface area contributed by atoms with E-state index in [1.165, 1.54) is 0 Å². The Hall–Kier alpha value is -1.36. The van der Waals surface area contributed by atoms with E-state index in [0.29, 0.717) is 32.7 Å². The Bertz CT molecular complexity index is 302. The van der Waals surface area contributed by atoms with E-state index >= 15 is 0 Å². The van der Waals surface area contributed by atoms with Crippen LogP contribution in [0, 0.1) is 0 Å². The third-order valence-electron chi connectivity index (χ3n) is 2.65. The van der Waals surface area contributed by atoms with E-state index in [2.05, 4.69) is 5.32 Å². The topological polar surface area (TPSA) is 58.6 Å². The average molecular weight is 240 g/mol. The number of hydrogen-bond acceptors (Lipinski definition) is 3. The predicted octanol–water partition coefficient (Wildman–Crippen LogP) is 0.316. The molecule has 0 aliphatic carbocycles. The van der Waals surface area contributed by atoms with E-state index in [-0.39, 0.29) is 17.9 Å². The number of amides is 2. The van der Waals surface area contributed by atoms with Crippen LogP contribution < -0.4 is 5.32 Å². The van der Waals surface area contributed by atoms with Crippen molar-refractivity contribution < 1.29 is 14.3 Å². The van der Waals surface area contributed by atoms with Gasteiger partial charge in [-0.3, -0.25) is 9.59 Å². The quantitative estimate of drug-likeness (QED) is 0.720. The lowest BCUT2D eigenvalue weighted by Crippen LogP contribution is -2.48. The van der Waals surface area contributed by atoms with Crippen LogP contribution in [0.2, 0.25) is 0 Å². The average Bonchev–Trinajstić information content (AvgIpc) is 2.34.